The van der Waals surface area contributed by atoms with Crippen molar-refractivity contribution in [1.82, 2.24) is 10.2 Å². The van der Waals surface area contributed by atoms with E-state index in [4.69, 9.17) is 34.8 Å². The van der Waals surface area contributed by atoms with Gasteiger partial charge >= 0.3 is 0 Å². The summed E-state index contributed by atoms with van der Waals surface area (Å²) < 4.78 is 29.4. The Kier molecular flexibility index (Phi) is 11.0. The second-order valence-electron chi connectivity index (χ2n) is 10.3. The molecule has 11 heteroatoms. The molecule has 0 aliphatic heterocycles. The van der Waals surface area contributed by atoms with E-state index >= 15 is 0 Å². The minimum atomic E-state index is -4.25. The van der Waals surface area contributed by atoms with Gasteiger partial charge in [-0.1, -0.05) is 95.0 Å². The van der Waals surface area contributed by atoms with Gasteiger partial charge in [0.2, 0.25) is 11.8 Å². The second-order valence-corrected chi connectivity index (χ2v) is 13.4. The number of likely N-dealkylation sites (N-methyl/N-ethyl adjacent to an activating group) is 1. The summed E-state index contributed by atoms with van der Waals surface area (Å²) in [6, 6.07) is 24.4. The predicted octanol–water partition coefficient (Wildman–Crippen LogP) is 6.85. The maximum Gasteiger partial charge on any atom is 0.264 e. The second kappa shape index (κ2) is 14.5. The Morgan fingerprint density at radius 3 is 2.16 bits per heavy atom. The summed E-state index contributed by atoms with van der Waals surface area (Å²) in [7, 11) is -2.76. The highest BCUT2D eigenvalue weighted by Gasteiger charge is 2.35. The molecule has 0 radical (unpaired) electrons. The van der Waals surface area contributed by atoms with Crippen LogP contribution in [0.4, 0.5) is 5.69 Å². The molecule has 1 unspecified atom stereocenters. The molecule has 7 nitrogen and oxygen atoms in total. The van der Waals surface area contributed by atoms with Gasteiger partial charge in [-0.05, 0) is 66.9 Å². The third kappa shape index (κ3) is 7.74. The van der Waals surface area contributed by atoms with Gasteiger partial charge in [0.25, 0.3) is 10.0 Å². The minimum absolute atomic E-state index is 0.00899. The van der Waals surface area contributed by atoms with Gasteiger partial charge in [0.15, 0.2) is 0 Å². The van der Waals surface area contributed by atoms with Crippen LogP contribution in [-0.2, 0) is 32.6 Å². The van der Waals surface area contributed by atoms with Crippen LogP contribution >= 0.6 is 34.8 Å². The number of sulfonamides is 1. The maximum absolute atomic E-state index is 14.4. The number of carbonyl (C=O) groups is 2. The molecule has 1 N–H and O–H groups in total. The number of halogens is 3. The maximum atomic E-state index is 14.4. The zero-order chi connectivity index (χ0) is 32.0. The molecule has 0 spiro atoms. The van der Waals surface area contributed by atoms with Crippen molar-refractivity contribution in [2.75, 3.05) is 17.9 Å². The number of nitrogens with one attached hydrogen (secondary N) is 1. The van der Waals surface area contributed by atoms with Crippen LogP contribution in [-0.4, -0.2) is 44.8 Å². The summed E-state index contributed by atoms with van der Waals surface area (Å²) in [4.78, 5) is 29.2. The van der Waals surface area contributed by atoms with Crippen LogP contribution in [0, 0.1) is 13.8 Å². The van der Waals surface area contributed by atoms with Gasteiger partial charge in [0, 0.05) is 35.1 Å². The number of amides is 2. The zero-order valence-corrected chi connectivity index (χ0v) is 27.5. The van der Waals surface area contributed by atoms with Crippen LogP contribution in [0.1, 0.15) is 22.3 Å². The fourth-order valence-corrected chi connectivity index (χ4v) is 6.88. The van der Waals surface area contributed by atoms with E-state index in [1.54, 1.807) is 55.5 Å². The van der Waals surface area contributed by atoms with Gasteiger partial charge in [0.05, 0.1) is 10.6 Å². The molecule has 44 heavy (non-hydrogen) atoms. The van der Waals surface area contributed by atoms with Gasteiger partial charge < -0.3 is 10.2 Å². The number of anilines is 1. The summed E-state index contributed by atoms with van der Waals surface area (Å²) in [5.74, 6) is -1.03. The average molecular weight is 673 g/mol. The molecular formula is C33H32Cl3N3O4S. The Balaban J connectivity index is 1.84. The van der Waals surface area contributed by atoms with Crippen molar-refractivity contribution in [1.29, 1.82) is 0 Å². The monoisotopic (exact) mass is 671 g/mol. The fraction of sp³-hybridized carbons (Fsp3) is 0.212. The highest BCUT2D eigenvalue weighted by molar-refractivity contribution is 7.92. The molecule has 0 bridgehead atoms. The van der Waals surface area contributed by atoms with Gasteiger partial charge in [-0.3, -0.25) is 13.9 Å². The van der Waals surface area contributed by atoms with Crippen molar-refractivity contribution in [2.45, 2.75) is 37.8 Å². The SMILES string of the molecule is CNC(=O)C(Cc1ccccc1)N(Cc1ccc(Cl)cc1Cl)C(=O)CN(c1cccc(Cl)c1C)S(=O)(=O)c1ccc(C)cc1. The first kappa shape index (κ1) is 33.3. The van der Waals surface area contributed by atoms with E-state index in [0.717, 1.165) is 15.4 Å². The highest BCUT2D eigenvalue weighted by atomic mass is 35.5. The average Bonchev–Trinajstić information content (AvgIpc) is 3.00. The highest BCUT2D eigenvalue weighted by Crippen LogP contribution is 2.32. The first-order chi connectivity index (χ1) is 20.9. The molecule has 1 atom stereocenters. The van der Waals surface area contributed by atoms with Gasteiger partial charge in [0.1, 0.15) is 12.6 Å². The van der Waals surface area contributed by atoms with Crippen LogP contribution in [0.15, 0.2) is 95.9 Å². The number of rotatable bonds is 11. The Bertz CT molecular complexity index is 1750. The summed E-state index contributed by atoms with van der Waals surface area (Å²) in [5.41, 5.74) is 2.97. The normalized spacial score (nSPS) is 12.0. The Morgan fingerprint density at radius 2 is 1.52 bits per heavy atom. The Morgan fingerprint density at radius 1 is 0.841 bits per heavy atom. The van der Waals surface area contributed by atoms with E-state index in [-0.39, 0.29) is 23.5 Å². The molecule has 0 saturated carbocycles. The fourth-order valence-electron chi connectivity index (χ4n) is 4.77. The van der Waals surface area contributed by atoms with Crippen LogP contribution in [0.3, 0.4) is 0 Å². The van der Waals surface area contributed by atoms with E-state index in [0.29, 0.717) is 26.2 Å². The smallest absolute Gasteiger partial charge is 0.264 e. The summed E-state index contributed by atoms with van der Waals surface area (Å²) in [6.07, 6.45) is 0.179. The molecule has 230 valence electrons. The lowest BCUT2D eigenvalue weighted by atomic mass is 10.0. The van der Waals surface area contributed by atoms with Gasteiger partial charge in [-0.2, -0.15) is 0 Å². The summed E-state index contributed by atoms with van der Waals surface area (Å²) in [5, 5.41) is 3.72. The van der Waals surface area contributed by atoms with Crippen LogP contribution in [0.5, 0.6) is 0 Å². The Labute approximate surface area is 273 Å². The number of hydrogen-bond donors (Lipinski definition) is 1. The number of hydrogen-bond acceptors (Lipinski definition) is 4. The molecule has 0 aliphatic carbocycles. The van der Waals surface area contributed by atoms with Crippen LogP contribution in [0.2, 0.25) is 15.1 Å². The summed E-state index contributed by atoms with van der Waals surface area (Å²) >= 11 is 19.1. The van der Waals surface area contributed by atoms with Crippen molar-refractivity contribution in [3.63, 3.8) is 0 Å². The van der Waals surface area contributed by atoms with E-state index in [1.165, 1.54) is 24.1 Å². The van der Waals surface area contributed by atoms with E-state index < -0.39 is 34.4 Å². The molecule has 0 saturated heterocycles. The first-order valence-corrected chi connectivity index (χ1v) is 16.3. The van der Waals surface area contributed by atoms with E-state index in [1.807, 2.05) is 37.3 Å². The first-order valence-electron chi connectivity index (χ1n) is 13.8. The Hall–Kier alpha value is -3.56. The molecular weight excluding hydrogens is 641 g/mol. The number of aryl methyl sites for hydroxylation is 1. The van der Waals surface area contributed by atoms with Crippen molar-refractivity contribution < 1.29 is 18.0 Å². The third-order valence-electron chi connectivity index (χ3n) is 7.27. The number of carbonyl (C=O) groups excluding carboxylic acids is 2. The lowest BCUT2D eigenvalue weighted by molar-refractivity contribution is -0.139. The number of benzene rings is 4. The molecule has 4 aromatic carbocycles. The zero-order valence-electron chi connectivity index (χ0n) is 24.4. The quantitative estimate of drug-likeness (QED) is 0.189. The molecule has 0 aromatic heterocycles. The topological polar surface area (TPSA) is 86.8 Å². The molecule has 0 fully saturated rings. The molecule has 2 amide bonds. The standard InChI is InChI=1S/C33H32Cl3N3O4S/c1-22-12-16-27(17-13-22)44(42,43)39(30-11-7-10-28(35)23(30)2)21-32(40)38(20-25-14-15-26(34)19-29(25)36)31(33(41)37-3)18-24-8-5-4-6-9-24/h4-17,19,31H,18,20-21H2,1-3H3,(H,37,41). The molecule has 4 aromatic rings. The van der Waals surface area contributed by atoms with E-state index in [9.17, 15) is 18.0 Å². The lowest BCUT2D eigenvalue weighted by Gasteiger charge is -2.34. The van der Waals surface area contributed by atoms with Gasteiger partial charge in [-0.25, -0.2) is 8.42 Å². The van der Waals surface area contributed by atoms with Gasteiger partial charge in [-0.15, -0.1) is 0 Å². The molecule has 4 rings (SSSR count). The van der Waals surface area contributed by atoms with Crippen molar-refractivity contribution in [3.8, 4) is 0 Å². The van der Waals surface area contributed by atoms with Crippen LogP contribution in [0.25, 0.3) is 0 Å². The van der Waals surface area contributed by atoms with E-state index in [2.05, 4.69) is 5.32 Å². The van der Waals surface area contributed by atoms with Crippen molar-refractivity contribution in [3.05, 3.63) is 128 Å². The molecule has 0 heterocycles. The predicted molar refractivity (Wildman–Crippen MR) is 177 cm³/mol. The minimum Gasteiger partial charge on any atom is -0.357 e. The third-order valence-corrected chi connectivity index (χ3v) is 10.0. The van der Waals surface area contributed by atoms with Crippen LogP contribution < -0.4 is 9.62 Å². The lowest BCUT2D eigenvalue weighted by Crippen LogP contribution is -2.53. The van der Waals surface area contributed by atoms with Crippen molar-refractivity contribution in [2.24, 2.45) is 0 Å². The summed E-state index contributed by atoms with van der Waals surface area (Å²) in [6.45, 7) is 2.86. The largest absolute Gasteiger partial charge is 0.357 e. The van der Waals surface area contributed by atoms with Crippen molar-refractivity contribution >= 4 is 62.3 Å². The number of nitrogens with zero attached hydrogens (tertiary/aromatic N) is 2. The molecule has 0 aliphatic rings.